The molecule has 4 N–H and O–H groups in total. The zero-order valence-electron chi connectivity index (χ0n) is 31.7. The second-order valence-corrected chi connectivity index (χ2v) is 15.8. The van der Waals surface area contributed by atoms with Crippen molar-refractivity contribution in [1.82, 2.24) is 31.1 Å². The van der Waals surface area contributed by atoms with Gasteiger partial charge in [0.2, 0.25) is 23.5 Å². The zero-order chi connectivity index (χ0) is 39.0. The van der Waals surface area contributed by atoms with Gasteiger partial charge in [-0.3, -0.25) is 33.7 Å². The summed E-state index contributed by atoms with van der Waals surface area (Å²) >= 11 is 0. The van der Waals surface area contributed by atoms with E-state index in [1.54, 1.807) is 51.1 Å². The Morgan fingerprint density at radius 1 is 0.962 bits per heavy atom. The number of benzene rings is 1. The van der Waals surface area contributed by atoms with Crippen LogP contribution in [-0.4, -0.2) is 95.0 Å². The highest BCUT2D eigenvalue weighted by atomic mass is 16.2. The number of imide groups is 1. The molecule has 0 aromatic heterocycles. The minimum absolute atomic E-state index is 0.0673. The van der Waals surface area contributed by atoms with Crippen molar-refractivity contribution < 1.29 is 33.6 Å². The predicted octanol–water partition coefficient (Wildman–Crippen LogP) is 3.29. The maximum Gasteiger partial charge on any atom is 0.315 e. The summed E-state index contributed by atoms with van der Waals surface area (Å²) < 4.78 is 0. The monoisotopic (exact) mass is 720 g/mol. The number of carbonyl (C=O) groups is 7. The molecule has 2 aliphatic heterocycles. The maximum atomic E-state index is 14.4. The van der Waals surface area contributed by atoms with E-state index >= 15 is 0 Å². The average molecular weight is 721 g/mol. The molecule has 284 valence electrons. The fourth-order valence-corrected chi connectivity index (χ4v) is 6.34. The summed E-state index contributed by atoms with van der Waals surface area (Å²) in [5, 5.41) is 10.9. The lowest BCUT2D eigenvalue weighted by Crippen LogP contribution is -2.62. The molecule has 3 rings (SSSR count). The number of likely N-dealkylation sites (tertiary alicyclic amines) is 1. The highest BCUT2D eigenvalue weighted by Gasteiger charge is 2.45. The Bertz CT molecular complexity index is 1560. The Hall–Kier alpha value is -4.81. The number of unbranched alkanes of at least 4 members (excludes halogenated alkanes) is 1. The smallest absolute Gasteiger partial charge is 0.315 e. The number of hydrogen-bond acceptors (Lipinski definition) is 7. The average Bonchev–Trinajstić information content (AvgIpc) is 3.52. The number of rotatable bonds is 15. The van der Waals surface area contributed by atoms with Gasteiger partial charge in [-0.1, -0.05) is 91.7 Å². The van der Waals surface area contributed by atoms with Crippen LogP contribution < -0.4 is 21.3 Å². The number of hydrogen-bond donors (Lipinski definition) is 4. The molecular weight excluding hydrogens is 664 g/mol. The van der Waals surface area contributed by atoms with Gasteiger partial charge in [-0.2, -0.15) is 0 Å². The largest absolute Gasteiger partial charge is 0.346 e. The number of carbonyl (C=O) groups excluding carboxylic acids is 7. The summed E-state index contributed by atoms with van der Waals surface area (Å²) in [5.74, 6) is -3.73. The van der Waals surface area contributed by atoms with E-state index in [1.807, 2.05) is 27.7 Å². The lowest BCUT2D eigenvalue weighted by Gasteiger charge is -2.38. The van der Waals surface area contributed by atoms with Gasteiger partial charge in [-0.25, -0.2) is 4.79 Å². The molecule has 7 amide bonds. The van der Waals surface area contributed by atoms with Crippen LogP contribution in [0.25, 0.3) is 0 Å². The van der Waals surface area contributed by atoms with Crippen LogP contribution >= 0.6 is 0 Å². The molecule has 2 aliphatic rings. The molecule has 1 fully saturated rings. The summed E-state index contributed by atoms with van der Waals surface area (Å²) in [5.41, 5.74) is -0.316. The standard InChI is InChI=1S/C39H56N6O7/c1-10-13-18-27(31(47)34(49)40-19-11-2)41-33(48)28-20-24(12-3)22-44(28)36(51)32(39(7,8)9)43-37(52)42-29(38(4,5)6)23-45-30(46)21-25-16-14-15-17-26(25)35(45)50/h11-12,14-17,24,27-29,32H,2-3,10,13,18-23H2,1,4-9H3,(H,40,49)(H,41,48)(H2,42,43,52)/t24?,27?,28-,29+,32+/m0/s1. The molecule has 0 bridgehead atoms. The Kier molecular flexibility index (Phi) is 14.1. The molecular formula is C39H56N6O7. The molecule has 2 heterocycles. The molecule has 1 saturated heterocycles. The fraction of sp³-hybridized carbons (Fsp3) is 0.564. The van der Waals surface area contributed by atoms with Crippen LogP contribution in [0.2, 0.25) is 0 Å². The van der Waals surface area contributed by atoms with Gasteiger partial charge < -0.3 is 26.2 Å². The normalized spacial score (nSPS) is 19.1. The van der Waals surface area contributed by atoms with Gasteiger partial charge in [0.15, 0.2) is 0 Å². The number of amides is 7. The minimum Gasteiger partial charge on any atom is -0.346 e. The number of nitrogens with zero attached hydrogens (tertiary/aromatic N) is 2. The Morgan fingerprint density at radius 3 is 2.23 bits per heavy atom. The number of nitrogens with one attached hydrogen (secondary N) is 4. The van der Waals surface area contributed by atoms with E-state index < -0.39 is 70.4 Å². The van der Waals surface area contributed by atoms with E-state index in [0.717, 1.165) is 11.3 Å². The third-order valence-corrected chi connectivity index (χ3v) is 9.60. The van der Waals surface area contributed by atoms with Gasteiger partial charge in [-0.15, -0.1) is 13.2 Å². The summed E-state index contributed by atoms with van der Waals surface area (Å²) in [7, 11) is 0. The molecule has 13 heteroatoms. The lowest BCUT2D eigenvalue weighted by molar-refractivity contribution is -0.143. The molecule has 52 heavy (non-hydrogen) atoms. The van der Waals surface area contributed by atoms with Gasteiger partial charge in [0, 0.05) is 25.2 Å². The van der Waals surface area contributed by atoms with E-state index in [1.165, 1.54) is 11.0 Å². The first kappa shape index (κ1) is 41.6. The topological polar surface area (TPSA) is 174 Å². The number of ketones is 1. The van der Waals surface area contributed by atoms with Crippen LogP contribution in [0.5, 0.6) is 0 Å². The Balaban J connectivity index is 1.82. The first-order chi connectivity index (χ1) is 24.3. The van der Waals surface area contributed by atoms with Crippen molar-refractivity contribution in [2.45, 2.75) is 105 Å². The van der Waals surface area contributed by atoms with Crippen LogP contribution in [0.4, 0.5) is 4.79 Å². The SMILES string of the molecule is C=CCNC(=O)C(=O)C(CCCC)NC(=O)[C@@H]1CC(C=C)CN1C(=O)[C@@H](NC(=O)N[C@H](CN1C(=O)Cc2ccccc2C1=O)C(C)(C)C)C(C)(C)C. The summed E-state index contributed by atoms with van der Waals surface area (Å²) in [6, 6.07) is 2.41. The molecule has 5 atom stereocenters. The van der Waals surface area contributed by atoms with Crippen LogP contribution in [0.15, 0.2) is 49.6 Å². The molecule has 1 aromatic rings. The minimum atomic E-state index is -1.10. The zero-order valence-corrected chi connectivity index (χ0v) is 31.7. The molecule has 1 aromatic carbocycles. The number of fused-ring (bicyclic) bond motifs is 1. The lowest BCUT2D eigenvalue weighted by atomic mass is 9.85. The van der Waals surface area contributed by atoms with Crippen LogP contribution in [0, 0.1) is 16.7 Å². The highest BCUT2D eigenvalue weighted by Crippen LogP contribution is 2.30. The van der Waals surface area contributed by atoms with Crippen molar-refractivity contribution in [2.75, 3.05) is 19.6 Å². The van der Waals surface area contributed by atoms with E-state index in [0.29, 0.717) is 17.5 Å². The van der Waals surface area contributed by atoms with Crippen molar-refractivity contribution >= 4 is 41.4 Å². The second kappa shape index (κ2) is 17.6. The second-order valence-electron chi connectivity index (χ2n) is 15.8. The summed E-state index contributed by atoms with van der Waals surface area (Å²) in [4.78, 5) is 96.4. The Labute approximate surface area is 307 Å². The molecule has 0 saturated carbocycles. The van der Waals surface area contributed by atoms with E-state index in [-0.39, 0.29) is 50.7 Å². The molecule has 0 radical (unpaired) electrons. The third-order valence-electron chi connectivity index (χ3n) is 9.60. The first-order valence-corrected chi connectivity index (χ1v) is 18.0. The van der Waals surface area contributed by atoms with E-state index in [2.05, 4.69) is 34.4 Å². The quantitative estimate of drug-likeness (QED) is 0.122. The fourth-order valence-electron chi connectivity index (χ4n) is 6.34. The van der Waals surface area contributed by atoms with Crippen molar-refractivity contribution in [2.24, 2.45) is 16.7 Å². The van der Waals surface area contributed by atoms with Crippen molar-refractivity contribution in [3.05, 3.63) is 60.7 Å². The van der Waals surface area contributed by atoms with Gasteiger partial charge in [0.05, 0.1) is 18.5 Å². The maximum absolute atomic E-state index is 14.4. The van der Waals surface area contributed by atoms with Crippen LogP contribution in [0.3, 0.4) is 0 Å². The van der Waals surface area contributed by atoms with Gasteiger partial charge in [-0.05, 0) is 41.2 Å². The summed E-state index contributed by atoms with van der Waals surface area (Å²) in [6.45, 7) is 20.5. The molecule has 0 spiro atoms. The van der Waals surface area contributed by atoms with Crippen LogP contribution in [0.1, 0.15) is 90.1 Å². The van der Waals surface area contributed by atoms with Crippen molar-refractivity contribution in [1.29, 1.82) is 0 Å². The molecule has 2 unspecified atom stereocenters. The van der Waals surface area contributed by atoms with Crippen LogP contribution in [-0.2, 0) is 30.4 Å². The van der Waals surface area contributed by atoms with Gasteiger partial charge in [0.25, 0.3) is 11.8 Å². The number of Topliss-reactive ketones (excluding diaryl/α,β-unsaturated/α-hetero) is 1. The summed E-state index contributed by atoms with van der Waals surface area (Å²) in [6.07, 6.45) is 4.99. The van der Waals surface area contributed by atoms with Gasteiger partial charge >= 0.3 is 6.03 Å². The van der Waals surface area contributed by atoms with Crippen molar-refractivity contribution in [3.8, 4) is 0 Å². The molecule has 0 aliphatic carbocycles. The van der Waals surface area contributed by atoms with E-state index in [4.69, 9.17) is 0 Å². The van der Waals surface area contributed by atoms with Crippen molar-refractivity contribution in [3.63, 3.8) is 0 Å². The van der Waals surface area contributed by atoms with Gasteiger partial charge in [0.1, 0.15) is 12.1 Å². The Morgan fingerprint density at radius 2 is 1.63 bits per heavy atom. The third kappa shape index (κ3) is 10.4. The van der Waals surface area contributed by atoms with E-state index in [9.17, 15) is 33.6 Å². The number of urea groups is 1. The highest BCUT2D eigenvalue weighted by molar-refractivity contribution is 6.38. The molecule has 13 nitrogen and oxygen atoms in total. The predicted molar refractivity (Wildman–Crippen MR) is 198 cm³/mol. The first-order valence-electron chi connectivity index (χ1n) is 18.0.